The Kier molecular flexibility index (Phi) is 5.01. The van der Waals surface area contributed by atoms with Crippen LogP contribution in [0.3, 0.4) is 0 Å². The summed E-state index contributed by atoms with van der Waals surface area (Å²) in [6, 6.07) is 0. The van der Waals surface area contributed by atoms with E-state index in [-0.39, 0.29) is 0 Å². The lowest BCUT2D eigenvalue weighted by Crippen LogP contribution is -2.25. The number of rotatable bonds is 4. The second-order valence-corrected chi connectivity index (χ2v) is 1.85. The van der Waals surface area contributed by atoms with Crippen LogP contribution in [0.15, 0.2) is 0 Å². The molecule has 0 bridgehead atoms. The van der Waals surface area contributed by atoms with Crippen LogP contribution < -0.4 is 5.32 Å². The highest BCUT2D eigenvalue weighted by molar-refractivity contribution is 4.50. The van der Waals surface area contributed by atoms with Crippen LogP contribution >= 0.6 is 0 Å². The molecule has 0 spiro atoms. The molecule has 1 atom stereocenters. The molecule has 1 N–H and O–H groups in total. The Morgan fingerprint density at radius 2 is 2.25 bits per heavy atom. The van der Waals surface area contributed by atoms with Gasteiger partial charge in [0, 0.05) is 13.7 Å². The Morgan fingerprint density at radius 3 is 2.62 bits per heavy atom. The summed E-state index contributed by atoms with van der Waals surface area (Å²) in [5.41, 5.74) is 0. The van der Waals surface area contributed by atoms with Gasteiger partial charge in [-0.25, -0.2) is 0 Å². The van der Waals surface area contributed by atoms with E-state index in [1.807, 2.05) is 6.92 Å². The maximum Gasteiger partial charge on any atom is 0.0667 e. The van der Waals surface area contributed by atoms with E-state index in [9.17, 15) is 0 Å². The molecule has 0 aliphatic rings. The third kappa shape index (κ3) is 4.09. The van der Waals surface area contributed by atoms with E-state index in [1.54, 1.807) is 7.11 Å². The molecule has 0 aromatic heterocycles. The van der Waals surface area contributed by atoms with Gasteiger partial charge in [-0.1, -0.05) is 6.92 Å². The van der Waals surface area contributed by atoms with Crippen LogP contribution in [0.4, 0.5) is 0 Å². The van der Waals surface area contributed by atoms with E-state index in [0.717, 1.165) is 13.1 Å². The average molecular weight is 117 g/mol. The third-order valence-corrected chi connectivity index (χ3v) is 1.08. The minimum atomic E-state index is 0.343. The molecule has 2 nitrogen and oxygen atoms in total. The van der Waals surface area contributed by atoms with Gasteiger partial charge < -0.3 is 10.1 Å². The Balaban J connectivity index is 2.86. The Morgan fingerprint density at radius 1 is 1.62 bits per heavy atom. The van der Waals surface area contributed by atoms with Crippen molar-refractivity contribution in [2.45, 2.75) is 20.0 Å². The summed E-state index contributed by atoms with van der Waals surface area (Å²) < 4.78 is 4.99. The first-order chi connectivity index (χ1) is 3.81. The van der Waals surface area contributed by atoms with Gasteiger partial charge in [0.15, 0.2) is 0 Å². The van der Waals surface area contributed by atoms with Gasteiger partial charge in [-0.3, -0.25) is 0 Å². The summed E-state index contributed by atoms with van der Waals surface area (Å²) in [6.45, 7) is 6.10. The zero-order valence-electron chi connectivity index (χ0n) is 5.90. The fourth-order valence-corrected chi connectivity index (χ4v) is 0.431. The monoisotopic (exact) mass is 117 g/mol. The van der Waals surface area contributed by atoms with Crippen molar-refractivity contribution in [3.63, 3.8) is 0 Å². The molecule has 0 saturated heterocycles. The molecule has 0 aromatic carbocycles. The zero-order chi connectivity index (χ0) is 6.41. The van der Waals surface area contributed by atoms with Gasteiger partial charge in [0.1, 0.15) is 0 Å². The van der Waals surface area contributed by atoms with Crippen LogP contribution in [0.25, 0.3) is 0 Å². The molecule has 0 aromatic rings. The molecule has 0 saturated carbocycles. The quantitative estimate of drug-likeness (QED) is 0.583. The van der Waals surface area contributed by atoms with E-state index < -0.39 is 0 Å². The molecule has 1 unspecified atom stereocenters. The third-order valence-electron chi connectivity index (χ3n) is 1.08. The first kappa shape index (κ1) is 7.92. The molecule has 0 heterocycles. The number of ether oxygens (including phenoxy) is 1. The molecule has 2 heteroatoms. The van der Waals surface area contributed by atoms with Gasteiger partial charge in [0.05, 0.1) is 6.10 Å². The van der Waals surface area contributed by atoms with Gasteiger partial charge in [0.2, 0.25) is 0 Å². The SMILES string of the molecule is CCNCC(C)OC. The fraction of sp³-hybridized carbons (Fsp3) is 1.00. The lowest BCUT2D eigenvalue weighted by atomic mass is 10.4. The second kappa shape index (κ2) is 5.06. The normalized spacial score (nSPS) is 13.9. The summed E-state index contributed by atoms with van der Waals surface area (Å²) in [4.78, 5) is 0. The van der Waals surface area contributed by atoms with Crippen molar-refractivity contribution in [1.29, 1.82) is 0 Å². The summed E-state index contributed by atoms with van der Waals surface area (Å²) in [5, 5.41) is 3.17. The minimum absolute atomic E-state index is 0.343. The van der Waals surface area contributed by atoms with E-state index in [1.165, 1.54) is 0 Å². The summed E-state index contributed by atoms with van der Waals surface area (Å²) in [5.74, 6) is 0. The summed E-state index contributed by atoms with van der Waals surface area (Å²) >= 11 is 0. The summed E-state index contributed by atoms with van der Waals surface area (Å²) in [6.07, 6.45) is 0.343. The minimum Gasteiger partial charge on any atom is -0.380 e. The lowest BCUT2D eigenvalue weighted by Gasteiger charge is -2.07. The second-order valence-electron chi connectivity index (χ2n) is 1.85. The molecular weight excluding hydrogens is 102 g/mol. The van der Waals surface area contributed by atoms with Crippen molar-refractivity contribution in [2.24, 2.45) is 0 Å². The molecule has 8 heavy (non-hydrogen) atoms. The van der Waals surface area contributed by atoms with Crippen molar-refractivity contribution < 1.29 is 4.74 Å². The molecule has 50 valence electrons. The number of hydrogen-bond donors (Lipinski definition) is 1. The number of hydrogen-bond acceptors (Lipinski definition) is 2. The van der Waals surface area contributed by atoms with Crippen molar-refractivity contribution in [3.05, 3.63) is 0 Å². The number of methoxy groups -OCH3 is 1. The van der Waals surface area contributed by atoms with E-state index in [4.69, 9.17) is 4.74 Å². The van der Waals surface area contributed by atoms with E-state index >= 15 is 0 Å². The topological polar surface area (TPSA) is 21.3 Å². The molecule has 0 fully saturated rings. The Hall–Kier alpha value is -0.0800. The molecule has 0 rings (SSSR count). The molecule has 0 radical (unpaired) electrons. The number of likely N-dealkylation sites (N-methyl/N-ethyl adjacent to an activating group) is 1. The Bertz CT molecular complexity index is 47.8. The molecule has 0 amide bonds. The summed E-state index contributed by atoms with van der Waals surface area (Å²) in [7, 11) is 1.72. The van der Waals surface area contributed by atoms with Crippen LogP contribution in [-0.2, 0) is 4.74 Å². The van der Waals surface area contributed by atoms with Crippen molar-refractivity contribution in [1.82, 2.24) is 5.32 Å². The first-order valence-electron chi connectivity index (χ1n) is 3.04. The maximum atomic E-state index is 4.99. The molecule has 0 aliphatic heterocycles. The van der Waals surface area contributed by atoms with E-state index in [0.29, 0.717) is 6.10 Å². The lowest BCUT2D eigenvalue weighted by molar-refractivity contribution is 0.118. The first-order valence-corrected chi connectivity index (χ1v) is 3.04. The van der Waals surface area contributed by atoms with Crippen LogP contribution in [0.1, 0.15) is 13.8 Å². The average Bonchev–Trinajstić information content (AvgIpc) is 1.83. The smallest absolute Gasteiger partial charge is 0.0667 e. The zero-order valence-corrected chi connectivity index (χ0v) is 5.90. The van der Waals surface area contributed by atoms with Gasteiger partial charge in [-0.05, 0) is 13.5 Å². The predicted octanol–water partition coefficient (Wildman–Crippen LogP) is 0.631. The molecular formula is C6H15NO. The van der Waals surface area contributed by atoms with Crippen LogP contribution in [0.5, 0.6) is 0 Å². The highest BCUT2D eigenvalue weighted by Crippen LogP contribution is 1.81. The van der Waals surface area contributed by atoms with Crippen LogP contribution in [0.2, 0.25) is 0 Å². The highest BCUT2D eigenvalue weighted by Gasteiger charge is 1.93. The highest BCUT2D eigenvalue weighted by atomic mass is 16.5. The Labute approximate surface area is 51.2 Å². The van der Waals surface area contributed by atoms with Crippen molar-refractivity contribution in [3.8, 4) is 0 Å². The standard InChI is InChI=1S/C6H15NO/c1-4-7-5-6(2)8-3/h6-7H,4-5H2,1-3H3. The van der Waals surface area contributed by atoms with Gasteiger partial charge in [-0.15, -0.1) is 0 Å². The van der Waals surface area contributed by atoms with Gasteiger partial charge >= 0.3 is 0 Å². The van der Waals surface area contributed by atoms with Gasteiger partial charge in [0.25, 0.3) is 0 Å². The molecule has 0 aliphatic carbocycles. The van der Waals surface area contributed by atoms with Crippen LogP contribution in [0, 0.1) is 0 Å². The fourth-order valence-electron chi connectivity index (χ4n) is 0.431. The van der Waals surface area contributed by atoms with Crippen LogP contribution in [-0.4, -0.2) is 26.3 Å². The van der Waals surface area contributed by atoms with E-state index in [2.05, 4.69) is 12.2 Å². The number of nitrogens with one attached hydrogen (secondary N) is 1. The van der Waals surface area contributed by atoms with Gasteiger partial charge in [-0.2, -0.15) is 0 Å². The van der Waals surface area contributed by atoms with Crippen molar-refractivity contribution in [2.75, 3.05) is 20.2 Å². The largest absolute Gasteiger partial charge is 0.380 e. The van der Waals surface area contributed by atoms with Crippen molar-refractivity contribution >= 4 is 0 Å². The maximum absolute atomic E-state index is 4.99. The predicted molar refractivity (Wildman–Crippen MR) is 35.0 cm³/mol.